The molecule has 0 N–H and O–H groups in total. The van der Waals surface area contributed by atoms with Crippen LogP contribution in [0.25, 0.3) is 6.08 Å². The number of amides is 3. The van der Waals surface area contributed by atoms with Crippen LogP contribution in [0.1, 0.15) is 5.56 Å². The summed E-state index contributed by atoms with van der Waals surface area (Å²) >= 11 is 0.858. The first kappa shape index (κ1) is 18.5. The number of hydrogen-bond acceptors (Lipinski definition) is 6. The molecule has 138 valence electrons. The molecule has 2 aliphatic heterocycles. The topological polar surface area (TPSA) is 70.2 Å². The second-order valence-electron chi connectivity index (χ2n) is 6.23. The van der Waals surface area contributed by atoms with E-state index < -0.39 is 11.1 Å². The number of imide groups is 1. The van der Waals surface area contributed by atoms with E-state index in [-0.39, 0.29) is 12.5 Å². The van der Waals surface area contributed by atoms with Crippen LogP contribution in [-0.2, 0) is 9.59 Å². The number of thioether (sulfide) groups is 1. The molecule has 0 aliphatic carbocycles. The number of ether oxygens (including phenoxy) is 1. The van der Waals surface area contributed by atoms with E-state index in [1.54, 1.807) is 30.2 Å². The number of carbonyl (C=O) groups excluding carboxylic acids is 3. The zero-order chi connectivity index (χ0) is 18.7. The largest absolute Gasteiger partial charge is 0.497 e. The van der Waals surface area contributed by atoms with Crippen molar-refractivity contribution in [2.45, 2.75) is 0 Å². The highest BCUT2D eigenvalue weighted by molar-refractivity contribution is 8.18. The number of carbonyl (C=O) groups is 3. The second-order valence-corrected chi connectivity index (χ2v) is 7.22. The molecule has 8 heteroatoms. The third-order valence-corrected chi connectivity index (χ3v) is 5.32. The molecule has 0 spiro atoms. The van der Waals surface area contributed by atoms with E-state index in [9.17, 15) is 14.4 Å². The van der Waals surface area contributed by atoms with Gasteiger partial charge in [-0.3, -0.25) is 19.3 Å². The third-order valence-electron chi connectivity index (χ3n) is 4.41. The van der Waals surface area contributed by atoms with Gasteiger partial charge in [-0.25, -0.2) is 0 Å². The zero-order valence-corrected chi connectivity index (χ0v) is 15.6. The molecule has 1 aromatic carbocycles. The fraction of sp³-hybridized carbons (Fsp3) is 0.389. The first-order chi connectivity index (χ1) is 12.5. The van der Waals surface area contributed by atoms with Crippen molar-refractivity contribution in [3.8, 4) is 5.75 Å². The van der Waals surface area contributed by atoms with Crippen LogP contribution in [-0.4, -0.2) is 78.6 Å². The van der Waals surface area contributed by atoms with Gasteiger partial charge >= 0.3 is 0 Å². The van der Waals surface area contributed by atoms with Gasteiger partial charge < -0.3 is 14.5 Å². The van der Waals surface area contributed by atoms with Crippen LogP contribution in [0, 0.1) is 0 Å². The number of hydrogen-bond donors (Lipinski definition) is 0. The van der Waals surface area contributed by atoms with Gasteiger partial charge in [0.15, 0.2) is 0 Å². The lowest BCUT2D eigenvalue weighted by Crippen LogP contribution is -2.50. The van der Waals surface area contributed by atoms with Crippen LogP contribution in [0.3, 0.4) is 0 Å². The number of rotatable bonds is 4. The molecule has 0 atom stereocenters. The Morgan fingerprint density at radius 2 is 1.96 bits per heavy atom. The molecular weight excluding hydrogens is 354 g/mol. The minimum absolute atomic E-state index is 0.192. The summed E-state index contributed by atoms with van der Waals surface area (Å²) in [7, 11) is 3.57. The SMILES string of the molecule is COc1cccc(/C=C2\SC(=O)N(CC(=O)N3CCN(C)CC3)C2=O)c1. The Hall–Kier alpha value is -2.32. The second kappa shape index (κ2) is 7.92. The molecule has 2 aliphatic rings. The van der Waals surface area contributed by atoms with Crippen molar-refractivity contribution >= 4 is 34.9 Å². The average molecular weight is 375 g/mol. The summed E-state index contributed by atoms with van der Waals surface area (Å²) < 4.78 is 5.16. The molecule has 3 rings (SSSR count). The molecule has 0 unspecified atom stereocenters. The highest BCUT2D eigenvalue weighted by Crippen LogP contribution is 2.32. The number of methoxy groups -OCH3 is 1. The number of nitrogens with zero attached hydrogens (tertiary/aromatic N) is 3. The highest BCUT2D eigenvalue weighted by Gasteiger charge is 2.37. The molecule has 0 saturated carbocycles. The number of benzene rings is 1. The van der Waals surface area contributed by atoms with E-state index in [4.69, 9.17) is 4.74 Å². The van der Waals surface area contributed by atoms with Gasteiger partial charge in [0.1, 0.15) is 12.3 Å². The van der Waals surface area contributed by atoms with Crippen molar-refractivity contribution < 1.29 is 19.1 Å². The first-order valence-electron chi connectivity index (χ1n) is 8.33. The standard InChI is InChI=1S/C18H21N3O4S/c1-19-6-8-20(9-7-19)16(22)12-21-17(23)15(26-18(21)24)11-13-4-3-5-14(10-13)25-2/h3-5,10-11H,6-9,12H2,1-2H3/b15-11-. The molecule has 0 bridgehead atoms. The Morgan fingerprint density at radius 3 is 2.65 bits per heavy atom. The van der Waals surface area contributed by atoms with Crippen LogP contribution in [0.2, 0.25) is 0 Å². The van der Waals surface area contributed by atoms with Gasteiger partial charge in [-0.05, 0) is 42.6 Å². The Balaban J connectivity index is 1.68. The normalized spacial score (nSPS) is 20.2. The summed E-state index contributed by atoms with van der Waals surface area (Å²) in [5, 5.41) is -0.411. The zero-order valence-electron chi connectivity index (χ0n) is 14.8. The van der Waals surface area contributed by atoms with Gasteiger partial charge in [0.2, 0.25) is 5.91 Å². The van der Waals surface area contributed by atoms with Crippen molar-refractivity contribution in [1.82, 2.24) is 14.7 Å². The van der Waals surface area contributed by atoms with Crippen molar-refractivity contribution in [3.63, 3.8) is 0 Å². The fourth-order valence-corrected chi connectivity index (χ4v) is 3.65. The molecule has 1 aromatic rings. The lowest BCUT2D eigenvalue weighted by Gasteiger charge is -2.33. The molecule has 3 amide bonds. The maximum absolute atomic E-state index is 12.6. The van der Waals surface area contributed by atoms with Crippen molar-refractivity contribution in [3.05, 3.63) is 34.7 Å². The van der Waals surface area contributed by atoms with E-state index in [1.807, 2.05) is 19.2 Å². The van der Waals surface area contributed by atoms with Crippen LogP contribution in [0.5, 0.6) is 5.75 Å². The molecule has 2 saturated heterocycles. The Kier molecular flexibility index (Phi) is 5.63. The average Bonchev–Trinajstić information content (AvgIpc) is 2.90. The fourth-order valence-electron chi connectivity index (χ4n) is 2.81. The summed E-state index contributed by atoms with van der Waals surface area (Å²) in [5.74, 6) is 0.0524. The predicted octanol–water partition coefficient (Wildman–Crippen LogP) is 1.51. The van der Waals surface area contributed by atoms with Crippen LogP contribution < -0.4 is 4.74 Å². The monoisotopic (exact) mass is 375 g/mol. The molecule has 2 heterocycles. The quantitative estimate of drug-likeness (QED) is 0.743. The summed E-state index contributed by atoms with van der Waals surface area (Å²) in [6.07, 6.45) is 1.65. The lowest BCUT2D eigenvalue weighted by atomic mass is 10.2. The van der Waals surface area contributed by atoms with Gasteiger partial charge in [-0.2, -0.15) is 0 Å². The lowest BCUT2D eigenvalue weighted by molar-refractivity contribution is -0.137. The van der Waals surface area contributed by atoms with Crippen LogP contribution in [0.15, 0.2) is 29.2 Å². The Bertz CT molecular complexity index is 757. The van der Waals surface area contributed by atoms with Crippen molar-refractivity contribution in [2.75, 3.05) is 46.9 Å². The molecule has 0 aromatic heterocycles. The molecule has 26 heavy (non-hydrogen) atoms. The summed E-state index contributed by atoms with van der Waals surface area (Å²) in [4.78, 5) is 42.4. The minimum Gasteiger partial charge on any atom is -0.497 e. The van der Waals surface area contributed by atoms with E-state index in [2.05, 4.69) is 4.90 Å². The maximum Gasteiger partial charge on any atom is 0.294 e. The third kappa shape index (κ3) is 4.08. The Labute approximate surface area is 156 Å². The minimum atomic E-state index is -0.426. The highest BCUT2D eigenvalue weighted by atomic mass is 32.2. The summed E-state index contributed by atoms with van der Waals surface area (Å²) in [6.45, 7) is 2.62. The number of piperazine rings is 1. The van der Waals surface area contributed by atoms with E-state index >= 15 is 0 Å². The van der Waals surface area contributed by atoms with Gasteiger partial charge in [0.25, 0.3) is 11.1 Å². The van der Waals surface area contributed by atoms with Gasteiger partial charge in [-0.1, -0.05) is 12.1 Å². The molecule has 0 radical (unpaired) electrons. The maximum atomic E-state index is 12.6. The van der Waals surface area contributed by atoms with E-state index in [0.717, 1.165) is 35.3 Å². The van der Waals surface area contributed by atoms with Crippen LogP contribution in [0.4, 0.5) is 4.79 Å². The molecular formula is C18H21N3O4S. The van der Waals surface area contributed by atoms with Crippen molar-refractivity contribution in [1.29, 1.82) is 0 Å². The molecule has 2 fully saturated rings. The van der Waals surface area contributed by atoms with Crippen molar-refractivity contribution in [2.24, 2.45) is 0 Å². The Morgan fingerprint density at radius 1 is 1.23 bits per heavy atom. The smallest absolute Gasteiger partial charge is 0.294 e. The van der Waals surface area contributed by atoms with Crippen LogP contribution >= 0.6 is 11.8 Å². The van der Waals surface area contributed by atoms with Gasteiger partial charge in [0, 0.05) is 26.2 Å². The first-order valence-corrected chi connectivity index (χ1v) is 9.15. The predicted molar refractivity (Wildman–Crippen MR) is 99.7 cm³/mol. The number of likely N-dealkylation sites (N-methyl/N-ethyl adjacent to an activating group) is 1. The van der Waals surface area contributed by atoms with Gasteiger partial charge in [0.05, 0.1) is 12.0 Å². The van der Waals surface area contributed by atoms with E-state index in [0.29, 0.717) is 23.7 Å². The van der Waals surface area contributed by atoms with Gasteiger partial charge in [-0.15, -0.1) is 0 Å². The summed E-state index contributed by atoms with van der Waals surface area (Å²) in [6, 6.07) is 7.22. The van der Waals surface area contributed by atoms with E-state index in [1.165, 1.54) is 0 Å². The molecule has 7 nitrogen and oxygen atoms in total. The summed E-state index contributed by atoms with van der Waals surface area (Å²) in [5.41, 5.74) is 0.764.